The number of carbonyl (C=O) groups excluding carboxylic acids is 1. The molecule has 0 saturated carbocycles. The van der Waals surface area contributed by atoms with Crippen LogP contribution in [0.4, 0.5) is 0 Å². The molecule has 3 aromatic rings. The average Bonchev–Trinajstić information content (AvgIpc) is 3.26. The molecule has 0 unspecified atom stereocenters. The van der Waals surface area contributed by atoms with Gasteiger partial charge in [0, 0.05) is 5.56 Å². The number of rotatable bonds is 6. The molecule has 0 fully saturated rings. The molecule has 1 N–H and O–H groups in total. The summed E-state index contributed by atoms with van der Waals surface area (Å²) in [5.41, 5.74) is 4.92. The number of aromatic nitrogens is 2. The Labute approximate surface area is 189 Å². The van der Waals surface area contributed by atoms with Gasteiger partial charge in [0.05, 0.1) is 6.54 Å². The van der Waals surface area contributed by atoms with Crippen LogP contribution in [0, 0.1) is 0 Å². The van der Waals surface area contributed by atoms with E-state index in [1.807, 2.05) is 18.2 Å². The highest BCUT2D eigenvalue weighted by Gasteiger charge is 2.18. The van der Waals surface area contributed by atoms with Gasteiger partial charge in [-0.3, -0.25) is 4.79 Å². The summed E-state index contributed by atoms with van der Waals surface area (Å²) in [6.45, 7) is 8.42. The number of benzene rings is 2. The first kappa shape index (κ1) is 22.1. The first-order chi connectivity index (χ1) is 15.3. The van der Waals surface area contributed by atoms with Crippen LogP contribution in [-0.4, -0.2) is 22.2 Å². The minimum absolute atomic E-state index is 0.0864. The predicted molar refractivity (Wildman–Crippen MR) is 123 cm³/mol. The molecule has 0 spiro atoms. The number of aryl methyl sites for hydroxylation is 2. The van der Waals surface area contributed by atoms with Crippen LogP contribution in [0.15, 0.2) is 47.0 Å². The summed E-state index contributed by atoms with van der Waals surface area (Å²) in [6.07, 6.45) is 4.03. The Bertz CT molecular complexity index is 1080. The second kappa shape index (κ2) is 9.15. The molecule has 0 bridgehead atoms. The van der Waals surface area contributed by atoms with Crippen LogP contribution in [0.2, 0.25) is 0 Å². The maximum atomic E-state index is 12.5. The normalized spacial score (nSPS) is 14.5. The number of nitrogens with one attached hydrogen (secondary N) is 1. The summed E-state index contributed by atoms with van der Waals surface area (Å²) in [5, 5.41) is 6.86. The fraction of sp³-hybridized carbons (Fsp3) is 0.423. The number of ether oxygens (including phenoxy) is 1. The van der Waals surface area contributed by atoms with E-state index in [4.69, 9.17) is 9.26 Å². The molecular weight excluding hydrogens is 402 g/mol. The Morgan fingerprint density at radius 3 is 2.53 bits per heavy atom. The van der Waals surface area contributed by atoms with Crippen molar-refractivity contribution >= 4 is 5.91 Å². The predicted octanol–water partition coefficient (Wildman–Crippen LogP) is 5.00. The maximum Gasteiger partial charge on any atom is 0.261 e. The van der Waals surface area contributed by atoms with E-state index in [9.17, 15) is 4.79 Å². The molecule has 6 heteroatoms. The van der Waals surface area contributed by atoms with Crippen LogP contribution in [0.1, 0.15) is 63.1 Å². The Morgan fingerprint density at radius 2 is 1.81 bits per heavy atom. The SMILES string of the molecule is C[C@@H](Oc1ccc2c(c1)CCCC2)C(=O)NCc1nc(-c2ccc(C(C)(C)C)cc2)no1. The quantitative estimate of drug-likeness (QED) is 0.592. The molecule has 32 heavy (non-hydrogen) atoms. The van der Waals surface area contributed by atoms with Crippen molar-refractivity contribution in [3.8, 4) is 17.1 Å². The number of hydrogen-bond donors (Lipinski definition) is 1. The molecule has 2 aromatic carbocycles. The van der Waals surface area contributed by atoms with E-state index in [0.29, 0.717) is 11.7 Å². The van der Waals surface area contributed by atoms with E-state index in [0.717, 1.165) is 24.2 Å². The van der Waals surface area contributed by atoms with E-state index in [1.165, 1.54) is 29.5 Å². The van der Waals surface area contributed by atoms with E-state index in [-0.39, 0.29) is 17.9 Å². The molecule has 1 atom stereocenters. The van der Waals surface area contributed by atoms with Gasteiger partial charge >= 0.3 is 0 Å². The van der Waals surface area contributed by atoms with Crippen molar-refractivity contribution in [1.29, 1.82) is 0 Å². The van der Waals surface area contributed by atoms with E-state index in [1.54, 1.807) is 6.92 Å². The highest BCUT2D eigenvalue weighted by atomic mass is 16.5. The highest BCUT2D eigenvalue weighted by Crippen LogP contribution is 2.26. The third-order valence-electron chi connectivity index (χ3n) is 5.89. The lowest BCUT2D eigenvalue weighted by atomic mass is 9.87. The van der Waals surface area contributed by atoms with Crippen LogP contribution < -0.4 is 10.1 Å². The largest absolute Gasteiger partial charge is 0.481 e. The van der Waals surface area contributed by atoms with Crippen LogP contribution in [-0.2, 0) is 29.6 Å². The van der Waals surface area contributed by atoms with Crippen molar-refractivity contribution in [2.24, 2.45) is 0 Å². The average molecular weight is 434 g/mol. The van der Waals surface area contributed by atoms with Crippen molar-refractivity contribution in [3.05, 3.63) is 65.0 Å². The van der Waals surface area contributed by atoms with Crippen molar-refractivity contribution in [2.45, 2.75) is 71.4 Å². The number of nitrogens with zero attached hydrogens (tertiary/aromatic N) is 2. The Hall–Kier alpha value is -3.15. The fourth-order valence-corrected chi connectivity index (χ4v) is 3.91. The lowest BCUT2D eigenvalue weighted by Crippen LogP contribution is -2.36. The first-order valence-electron chi connectivity index (χ1n) is 11.3. The van der Waals surface area contributed by atoms with Crippen molar-refractivity contribution in [2.75, 3.05) is 0 Å². The Kier molecular flexibility index (Phi) is 6.31. The molecule has 1 heterocycles. The van der Waals surface area contributed by atoms with Crippen molar-refractivity contribution < 1.29 is 14.1 Å². The molecule has 6 nitrogen and oxygen atoms in total. The molecule has 0 saturated heterocycles. The molecule has 168 valence electrons. The number of carbonyl (C=O) groups is 1. The van der Waals surface area contributed by atoms with Gasteiger partial charge in [0.2, 0.25) is 11.7 Å². The van der Waals surface area contributed by atoms with Crippen LogP contribution in [0.5, 0.6) is 5.75 Å². The van der Waals surface area contributed by atoms with E-state index in [2.05, 4.69) is 60.5 Å². The summed E-state index contributed by atoms with van der Waals surface area (Å²) < 4.78 is 11.2. The van der Waals surface area contributed by atoms with E-state index < -0.39 is 6.10 Å². The molecular formula is C26H31N3O3. The molecule has 1 amide bonds. The zero-order valence-electron chi connectivity index (χ0n) is 19.3. The molecule has 1 aliphatic rings. The number of fused-ring (bicyclic) bond motifs is 1. The second-order valence-corrected chi connectivity index (χ2v) is 9.45. The highest BCUT2D eigenvalue weighted by molar-refractivity contribution is 5.80. The summed E-state index contributed by atoms with van der Waals surface area (Å²) in [4.78, 5) is 16.9. The molecule has 4 rings (SSSR count). The fourth-order valence-electron chi connectivity index (χ4n) is 3.91. The van der Waals surface area contributed by atoms with Gasteiger partial charge in [-0.1, -0.05) is 56.3 Å². The van der Waals surface area contributed by atoms with Gasteiger partial charge in [-0.25, -0.2) is 0 Å². The van der Waals surface area contributed by atoms with Crippen molar-refractivity contribution in [3.63, 3.8) is 0 Å². The smallest absolute Gasteiger partial charge is 0.261 e. The van der Waals surface area contributed by atoms with Crippen LogP contribution in [0.25, 0.3) is 11.4 Å². The summed E-state index contributed by atoms with van der Waals surface area (Å²) in [5.74, 6) is 1.37. The van der Waals surface area contributed by atoms with Gasteiger partial charge in [0.1, 0.15) is 5.75 Å². The topological polar surface area (TPSA) is 77.2 Å². The minimum atomic E-state index is -0.621. The molecule has 0 aliphatic heterocycles. The van der Waals surface area contributed by atoms with Gasteiger partial charge in [-0.2, -0.15) is 4.98 Å². The first-order valence-corrected chi connectivity index (χ1v) is 11.3. The molecule has 0 radical (unpaired) electrons. The van der Waals surface area contributed by atoms with Gasteiger partial charge in [-0.15, -0.1) is 0 Å². The maximum absolute atomic E-state index is 12.5. The van der Waals surface area contributed by atoms with Crippen LogP contribution in [0.3, 0.4) is 0 Å². The van der Waals surface area contributed by atoms with Crippen LogP contribution >= 0.6 is 0 Å². The molecule has 1 aromatic heterocycles. The lowest BCUT2D eigenvalue weighted by molar-refractivity contribution is -0.127. The van der Waals surface area contributed by atoms with E-state index >= 15 is 0 Å². The lowest BCUT2D eigenvalue weighted by Gasteiger charge is -2.19. The Balaban J connectivity index is 1.32. The van der Waals surface area contributed by atoms with Gasteiger partial charge < -0.3 is 14.6 Å². The monoisotopic (exact) mass is 433 g/mol. The summed E-state index contributed by atoms with van der Waals surface area (Å²) >= 11 is 0. The molecule has 1 aliphatic carbocycles. The van der Waals surface area contributed by atoms with Gasteiger partial charge in [-0.05, 0) is 66.8 Å². The third-order valence-corrected chi connectivity index (χ3v) is 5.89. The van der Waals surface area contributed by atoms with Gasteiger partial charge in [0.15, 0.2) is 6.10 Å². The zero-order chi connectivity index (χ0) is 22.7. The number of hydrogen-bond acceptors (Lipinski definition) is 5. The minimum Gasteiger partial charge on any atom is -0.481 e. The van der Waals surface area contributed by atoms with Crippen molar-refractivity contribution in [1.82, 2.24) is 15.5 Å². The van der Waals surface area contributed by atoms with Gasteiger partial charge in [0.25, 0.3) is 5.91 Å². The summed E-state index contributed by atoms with van der Waals surface area (Å²) in [6, 6.07) is 14.3. The second-order valence-electron chi connectivity index (χ2n) is 9.45. The standard InChI is InChI=1S/C26H31N3O3/c1-17(31-22-14-11-18-7-5-6-8-20(18)15-22)25(30)27-16-23-28-24(29-32-23)19-9-12-21(13-10-19)26(2,3)4/h9-15,17H,5-8,16H2,1-4H3,(H,27,30)/t17-/m1/s1. The zero-order valence-corrected chi connectivity index (χ0v) is 19.3. The third kappa shape index (κ3) is 5.18. The summed E-state index contributed by atoms with van der Waals surface area (Å²) in [7, 11) is 0. The number of amides is 1. The Morgan fingerprint density at radius 1 is 1.09 bits per heavy atom.